The number of halogens is 1. The molecule has 0 aliphatic carbocycles. The lowest BCUT2D eigenvalue weighted by Gasteiger charge is -2.10. The summed E-state index contributed by atoms with van der Waals surface area (Å²) in [5.74, 6) is -1.99. The standard InChI is InChI=1S/C13H15FO3/c1-8(2)17-13(16)11(14)12(15)10-6-4-5-9(3)7-10/h4-8,11H,1-3H3. The molecule has 4 heteroatoms. The number of benzene rings is 1. The largest absolute Gasteiger partial charge is 0.460 e. The number of alkyl halides is 1. The third-order valence-corrected chi connectivity index (χ3v) is 2.09. The fraction of sp³-hybridized carbons (Fsp3) is 0.385. The van der Waals surface area contributed by atoms with Crippen molar-refractivity contribution in [3.05, 3.63) is 35.4 Å². The number of ether oxygens (including phenoxy) is 1. The molecule has 1 rings (SSSR count). The minimum Gasteiger partial charge on any atom is -0.460 e. The van der Waals surface area contributed by atoms with E-state index in [2.05, 4.69) is 4.74 Å². The molecular formula is C13H15FO3. The number of hydrogen-bond donors (Lipinski definition) is 0. The highest BCUT2D eigenvalue weighted by molar-refractivity contribution is 6.11. The van der Waals surface area contributed by atoms with Crippen LogP contribution in [0.15, 0.2) is 24.3 Å². The molecule has 1 atom stereocenters. The monoisotopic (exact) mass is 238 g/mol. The maximum atomic E-state index is 13.5. The minimum absolute atomic E-state index is 0.179. The third-order valence-electron chi connectivity index (χ3n) is 2.09. The van der Waals surface area contributed by atoms with E-state index in [4.69, 9.17) is 0 Å². The van der Waals surface area contributed by atoms with Gasteiger partial charge in [0.25, 0.3) is 6.17 Å². The van der Waals surface area contributed by atoms with Crippen LogP contribution < -0.4 is 0 Å². The Hall–Kier alpha value is -1.71. The van der Waals surface area contributed by atoms with E-state index in [1.807, 2.05) is 0 Å². The molecular weight excluding hydrogens is 223 g/mol. The SMILES string of the molecule is Cc1cccc(C(=O)C(F)C(=O)OC(C)C)c1. The second kappa shape index (κ2) is 5.57. The van der Waals surface area contributed by atoms with E-state index >= 15 is 0 Å². The summed E-state index contributed by atoms with van der Waals surface area (Å²) in [4.78, 5) is 22.9. The second-order valence-corrected chi connectivity index (χ2v) is 4.08. The molecule has 0 amide bonds. The van der Waals surface area contributed by atoms with Crippen molar-refractivity contribution < 1.29 is 18.7 Å². The predicted molar refractivity (Wildman–Crippen MR) is 61.6 cm³/mol. The highest BCUT2D eigenvalue weighted by Gasteiger charge is 2.29. The summed E-state index contributed by atoms with van der Waals surface area (Å²) < 4.78 is 18.2. The lowest BCUT2D eigenvalue weighted by Crippen LogP contribution is -2.29. The number of carbonyl (C=O) groups is 2. The highest BCUT2D eigenvalue weighted by atomic mass is 19.1. The molecule has 0 saturated heterocycles. The molecule has 0 spiro atoms. The first kappa shape index (κ1) is 13.4. The van der Waals surface area contributed by atoms with Crippen molar-refractivity contribution in [2.24, 2.45) is 0 Å². The Kier molecular flexibility index (Phi) is 4.37. The fourth-order valence-corrected chi connectivity index (χ4v) is 1.34. The van der Waals surface area contributed by atoms with Gasteiger partial charge in [-0.25, -0.2) is 9.18 Å². The average Bonchev–Trinajstić information content (AvgIpc) is 2.26. The molecule has 0 radical (unpaired) electrons. The molecule has 3 nitrogen and oxygen atoms in total. The molecule has 0 saturated carbocycles. The molecule has 0 heterocycles. The first-order chi connectivity index (χ1) is 7.91. The van der Waals surface area contributed by atoms with Crippen LogP contribution in [0.1, 0.15) is 29.8 Å². The minimum atomic E-state index is -2.25. The highest BCUT2D eigenvalue weighted by Crippen LogP contribution is 2.11. The zero-order valence-electron chi connectivity index (χ0n) is 10.1. The van der Waals surface area contributed by atoms with Gasteiger partial charge in [0.1, 0.15) is 0 Å². The van der Waals surface area contributed by atoms with Crippen molar-refractivity contribution in [3.63, 3.8) is 0 Å². The molecule has 92 valence electrons. The summed E-state index contributed by atoms with van der Waals surface area (Å²) in [6, 6.07) is 6.45. The normalized spacial score (nSPS) is 12.3. The Morgan fingerprint density at radius 3 is 2.47 bits per heavy atom. The summed E-state index contributed by atoms with van der Waals surface area (Å²) in [7, 11) is 0. The summed E-state index contributed by atoms with van der Waals surface area (Å²) in [5, 5.41) is 0. The van der Waals surface area contributed by atoms with Crippen LogP contribution in [-0.4, -0.2) is 24.0 Å². The van der Waals surface area contributed by atoms with Gasteiger partial charge in [0, 0.05) is 5.56 Å². The van der Waals surface area contributed by atoms with E-state index in [9.17, 15) is 14.0 Å². The van der Waals surface area contributed by atoms with E-state index in [0.29, 0.717) is 0 Å². The van der Waals surface area contributed by atoms with Gasteiger partial charge in [-0.15, -0.1) is 0 Å². The van der Waals surface area contributed by atoms with Crippen molar-refractivity contribution in [2.45, 2.75) is 33.0 Å². The number of Topliss-reactive ketones (excluding diaryl/α,β-unsaturated/α-hetero) is 1. The molecule has 1 aromatic rings. The van der Waals surface area contributed by atoms with Crippen LogP contribution in [0.25, 0.3) is 0 Å². The quantitative estimate of drug-likeness (QED) is 0.460. The molecule has 1 unspecified atom stereocenters. The first-order valence-electron chi connectivity index (χ1n) is 5.37. The van der Waals surface area contributed by atoms with Gasteiger partial charge in [0.05, 0.1) is 6.10 Å². The lowest BCUT2D eigenvalue weighted by atomic mass is 10.0. The molecule has 0 N–H and O–H groups in total. The topological polar surface area (TPSA) is 43.4 Å². The maximum Gasteiger partial charge on any atom is 0.349 e. The van der Waals surface area contributed by atoms with Crippen LogP contribution in [0, 0.1) is 6.92 Å². The third kappa shape index (κ3) is 3.66. The number of carbonyl (C=O) groups excluding carboxylic acids is 2. The Morgan fingerprint density at radius 2 is 1.94 bits per heavy atom. The van der Waals surface area contributed by atoms with Gasteiger partial charge in [-0.1, -0.05) is 23.8 Å². The fourth-order valence-electron chi connectivity index (χ4n) is 1.34. The summed E-state index contributed by atoms with van der Waals surface area (Å²) >= 11 is 0. The molecule has 0 aromatic heterocycles. The number of hydrogen-bond acceptors (Lipinski definition) is 3. The van der Waals surface area contributed by atoms with Crippen LogP contribution in [0.5, 0.6) is 0 Å². The molecule has 0 aliphatic rings. The maximum absolute atomic E-state index is 13.5. The molecule has 17 heavy (non-hydrogen) atoms. The Morgan fingerprint density at radius 1 is 1.29 bits per heavy atom. The van der Waals surface area contributed by atoms with E-state index in [-0.39, 0.29) is 5.56 Å². The zero-order valence-corrected chi connectivity index (χ0v) is 10.1. The second-order valence-electron chi connectivity index (χ2n) is 4.08. The Balaban J connectivity index is 2.80. The number of rotatable bonds is 4. The van der Waals surface area contributed by atoms with E-state index < -0.39 is 24.0 Å². The molecule has 0 fully saturated rings. The van der Waals surface area contributed by atoms with Gasteiger partial charge < -0.3 is 4.74 Å². The Bertz CT molecular complexity index is 426. The number of aryl methyl sites for hydroxylation is 1. The molecule has 0 bridgehead atoms. The van der Waals surface area contributed by atoms with E-state index in [1.165, 1.54) is 12.1 Å². The first-order valence-corrected chi connectivity index (χ1v) is 5.37. The summed E-state index contributed by atoms with van der Waals surface area (Å²) in [5.41, 5.74) is 1.01. The molecule has 1 aromatic carbocycles. The lowest BCUT2D eigenvalue weighted by molar-refractivity contribution is -0.151. The van der Waals surface area contributed by atoms with Gasteiger partial charge in [-0.2, -0.15) is 0 Å². The van der Waals surface area contributed by atoms with Gasteiger partial charge >= 0.3 is 5.97 Å². The van der Waals surface area contributed by atoms with Crippen molar-refractivity contribution in [3.8, 4) is 0 Å². The van der Waals surface area contributed by atoms with Gasteiger partial charge in [-0.05, 0) is 26.8 Å². The van der Waals surface area contributed by atoms with E-state index in [1.54, 1.807) is 32.9 Å². The van der Waals surface area contributed by atoms with Crippen molar-refractivity contribution in [1.82, 2.24) is 0 Å². The predicted octanol–water partition coefficient (Wildman–Crippen LogP) is 2.47. The van der Waals surface area contributed by atoms with Crippen LogP contribution in [0.4, 0.5) is 4.39 Å². The smallest absolute Gasteiger partial charge is 0.349 e. The zero-order chi connectivity index (χ0) is 13.0. The van der Waals surface area contributed by atoms with Gasteiger partial charge in [0.2, 0.25) is 5.78 Å². The average molecular weight is 238 g/mol. The molecule has 0 aliphatic heterocycles. The van der Waals surface area contributed by atoms with Crippen molar-refractivity contribution in [2.75, 3.05) is 0 Å². The van der Waals surface area contributed by atoms with Crippen molar-refractivity contribution >= 4 is 11.8 Å². The number of ketones is 1. The van der Waals surface area contributed by atoms with Gasteiger partial charge in [-0.3, -0.25) is 4.79 Å². The Labute approximate surface area is 99.6 Å². The van der Waals surface area contributed by atoms with Crippen LogP contribution in [-0.2, 0) is 9.53 Å². The van der Waals surface area contributed by atoms with Gasteiger partial charge in [0.15, 0.2) is 0 Å². The van der Waals surface area contributed by atoms with Crippen LogP contribution in [0.2, 0.25) is 0 Å². The van der Waals surface area contributed by atoms with Crippen molar-refractivity contribution in [1.29, 1.82) is 0 Å². The van der Waals surface area contributed by atoms with E-state index in [0.717, 1.165) is 5.56 Å². The van der Waals surface area contributed by atoms with Crippen LogP contribution in [0.3, 0.4) is 0 Å². The summed E-state index contributed by atoms with van der Waals surface area (Å²) in [6.07, 6.45) is -2.69. The number of esters is 1. The summed E-state index contributed by atoms with van der Waals surface area (Å²) in [6.45, 7) is 4.99. The van der Waals surface area contributed by atoms with Crippen LogP contribution >= 0.6 is 0 Å².